The number of aromatic nitrogens is 3. The highest BCUT2D eigenvalue weighted by Crippen LogP contribution is 2.30. The Kier molecular flexibility index (Phi) is 5.44. The Morgan fingerprint density at radius 3 is 2.63 bits per heavy atom. The van der Waals surface area contributed by atoms with Gasteiger partial charge in [0.05, 0.1) is 25.3 Å². The summed E-state index contributed by atoms with van der Waals surface area (Å²) >= 11 is 1.39. The van der Waals surface area contributed by atoms with Crippen molar-refractivity contribution in [3.63, 3.8) is 0 Å². The second-order valence-corrected chi connectivity index (χ2v) is 7.39. The molecule has 1 N–H and O–H groups in total. The van der Waals surface area contributed by atoms with Crippen LogP contribution in [0.5, 0.6) is 11.5 Å². The van der Waals surface area contributed by atoms with Gasteiger partial charge in [-0.25, -0.2) is 4.68 Å². The van der Waals surface area contributed by atoms with Gasteiger partial charge in [-0.1, -0.05) is 35.5 Å². The first-order chi connectivity index (χ1) is 14.6. The van der Waals surface area contributed by atoms with Gasteiger partial charge in [0.25, 0.3) is 5.56 Å². The number of hydrogen-bond donors (Lipinski definition) is 1. The first-order valence-electron chi connectivity index (χ1n) is 9.03. The summed E-state index contributed by atoms with van der Waals surface area (Å²) in [5.41, 5.74) is 1.06. The highest BCUT2D eigenvalue weighted by molar-refractivity contribution is 7.21. The van der Waals surface area contributed by atoms with Crippen LogP contribution in [0, 0.1) is 0 Å². The van der Waals surface area contributed by atoms with Crippen molar-refractivity contribution in [3.05, 3.63) is 65.0 Å². The van der Waals surface area contributed by atoms with E-state index in [-0.39, 0.29) is 12.1 Å². The largest absolute Gasteiger partial charge is 0.497 e. The molecule has 2 aromatic heterocycles. The topological polar surface area (TPSA) is 95.3 Å². The minimum Gasteiger partial charge on any atom is -0.497 e. The molecule has 0 radical (unpaired) electrons. The fourth-order valence-electron chi connectivity index (χ4n) is 2.97. The van der Waals surface area contributed by atoms with Crippen molar-refractivity contribution >= 4 is 33.1 Å². The Morgan fingerprint density at radius 2 is 1.90 bits per heavy atom. The van der Waals surface area contributed by atoms with Gasteiger partial charge in [-0.2, -0.15) is 0 Å². The molecule has 30 heavy (non-hydrogen) atoms. The Labute approximate surface area is 175 Å². The van der Waals surface area contributed by atoms with E-state index in [0.29, 0.717) is 27.4 Å². The molecule has 152 valence electrons. The minimum absolute atomic E-state index is 0.279. The van der Waals surface area contributed by atoms with E-state index in [0.717, 1.165) is 15.1 Å². The normalized spacial score (nSPS) is 10.7. The van der Waals surface area contributed by atoms with Gasteiger partial charge in [-0.15, -0.1) is 16.4 Å². The highest BCUT2D eigenvalue weighted by Gasteiger charge is 2.15. The van der Waals surface area contributed by atoms with Crippen LogP contribution in [0.2, 0.25) is 0 Å². The van der Waals surface area contributed by atoms with Crippen molar-refractivity contribution < 1.29 is 14.3 Å². The van der Waals surface area contributed by atoms with E-state index in [2.05, 4.69) is 15.6 Å². The highest BCUT2D eigenvalue weighted by atomic mass is 32.1. The summed E-state index contributed by atoms with van der Waals surface area (Å²) in [6.07, 6.45) is 0. The average molecular weight is 422 g/mol. The monoisotopic (exact) mass is 422 g/mol. The number of fused-ring (bicyclic) bond motifs is 1. The van der Waals surface area contributed by atoms with Crippen molar-refractivity contribution in [2.45, 2.75) is 6.54 Å². The van der Waals surface area contributed by atoms with E-state index in [9.17, 15) is 9.59 Å². The molecular formula is C21H18N4O4S. The van der Waals surface area contributed by atoms with Crippen LogP contribution >= 0.6 is 11.3 Å². The number of carbonyl (C=O) groups is 1. The zero-order valence-corrected chi connectivity index (χ0v) is 17.1. The summed E-state index contributed by atoms with van der Waals surface area (Å²) in [5.74, 6) is 0.607. The first kappa shape index (κ1) is 19.6. The molecule has 0 bridgehead atoms. The van der Waals surface area contributed by atoms with E-state index in [1.165, 1.54) is 25.6 Å². The molecule has 0 aliphatic carbocycles. The number of nitrogens with zero attached hydrogens (tertiary/aromatic N) is 3. The van der Waals surface area contributed by atoms with Crippen LogP contribution in [0.15, 0.2) is 59.4 Å². The van der Waals surface area contributed by atoms with E-state index in [1.54, 1.807) is 24.3 Å². The van der Waals surface area contributed by atoms with E-state index in [1.807, 2.05) is 30.3 Å². The van der Waals surface area contributed by atoms with Crippen molar-refractivity contribution in [2.75, 3.05) is 19.5 Å². The number of nitrogens with one attached hydrogen (secondary N) is 1. The second kappa shape index (κ2) is 8.34. The maximum atomic E-state index is 12.8. The second-order valence-electron chi connectivity index (χ2n) is 6.36. The van der Waals surface area contributed by atoms with Crippen molar-refractivity contribution in [3.8, 4) is 21.9 Å². The zero-order valence-electron chi connectivity index (χ0n) is 16.3. The molecule has 1 amide bonds. The number of benzene rings is 2. The van der Waals surface area contributed by atoms with Crippen molar-refractivity contribution in [1.29, 1.82) is 0 Å². The molecule has 0 fully saturated rings. The Bertz CT molecular complexity index is 1270. The lowest BCUT2D eigenvalue weighted by atomic mass is 10.2. The van der Waals surface area contributed by atoms with Crippen LogP contribution in [0.1, 0.15) is 0 Å². The number of rotatable bonds is 6. The molecule has 4 aromatic rings. The summed E-state index contributed by atoms with van der Waals surface area (Å²) < 4.78 is 11.5. The lowest BCUT2D eigenvalue weighted by Gasteiger charge is -2.11. The zero-order chi connectivity index (χ0) is 21.1. The summed E-state index contributed by atoms with van der Waals surface area (Å²) in [6, 6.07) is 16.5. The maximum Gasteiger partial charge on any atom is 0.279 e. The molecule has 0 atom stereocenters. The van der Waals surface area contributed by atoms with E-state index >= 15 is 0 Å². The summed E-state index contributed by atoms with van der Waals surface area (Å²) in [6.45, 7) is -0.279. The third kappa shape index (κ3) is 3.87. The van der Waals surface area contributed by atoms with Gasteiger partial charge in [0.1, 0.15) is 18.0 Å². The fourth-order valence-corrected chi connectivity index (χ4v) is 3.94. The summed E-state index contributed by atoms with van der Waals surface area (Å²) in [7, 11) is 3.03. The third-order valence-corrected chi connectivity index (χ3v) is 5.52. The Morgan fingerprint density at radius 1 is 1.10 bits per heavy atom. The Balaban J connectivity index is 1.59. The lowest BCUT2D eigenvalue weighted by molar-refractivity contribution is -0.117. The number of anilines is 1. The number of thiophene rings is 1. The van der Waals surface area contributed by atoms with E-state index < -0.39 is 5.91 Å². The predicted octanol–water partition coefficient (Wildman–Crippen LogP) is 3.18. The van der Waals surface area contributed by atoms with E-state index in [4.69, 9.17) is 9.47 Å². The fraction of sp³-hybridized carbons (Fsp3) is 0.143. The Hall–Kier alpha value is -3.72. The summed E-state index contributed by atoms with van der Waals surface area (Å²) in [5, 5.41) is 11.2. The molecular weight excluding hydrogens is 404 g/mol. The van der Waals surface area contributed by atoms with Crippen LogP contribution in [-0.2, 0) is 11.3 Å². The molecule has 2 aromatic carbocycles. The van der Waals surface area contributed by atoms with Crippen molar-refractivity contribution in [2.24, 2.45) is 0 Å². The number of hydrogen-bond acceptors (Lipinski definition) is 7. The van der Waals surface area contributed by atoms with Gasteiger partial charge < -0.3 is 14.8 Å². The third-order valence-electron chi connectivity index (χ3n) is 4.45. The van der Waals surface area contributed by atoms with Crippen molar-refractivity contribution in [1.82, 2.24) is 15.0 Å². The average Bonchev–Trinajstić information content (AvgIpc) is 3.21. The maximum absolute atomic E-state index is 12.8. The first-order valence-corrected chi connectivity index (χ1v) is 9.85. The SMILES string of the molecule is COc1ccc(OC)c(NC(=O)Cn2nnc3sc(-c4ccccc4)cc3c2=O)c1. The minimum atomic E-state index is -0.434. The molecule has 2 heterocycles. The van der Waals surface area contributed by atoms with Crippen LogP contribution in [0.4, 0.5) is 5.69 Å². The van der Waals surface area contributed by atoms with Gasteiger partial charge in [-0.3, -0.25) is 9.59 Å². The number of carbonyl (C=O) groups excluding carboxylic acids is 1. The molecule has 8 nitrogen and oxygen atoms in total. The van der Waals surface area contributed by atoms with Crippen LogP contribution < -0.4 is 20.3 Å². The van der Waals surface area contributed by atoms with Gasteiger partial charge in [0, 0.05) is 10.9 Å². The molecule has 4 rings (SSSR count). The standard InChI is InChI=1S/C21H18N4O4S/c1-28-14-8-9-17(29-2)16(10-14)22-19(26)12-25-21(27)15-11-18(30-20(15)23-24-25)13-6-4-3-5-7-13/h3-11H,12H2,1-2H3,(H,22,26). The predicted molar refractivity (Wildman–Crippen MR) is 115 cm³/mol. The van der Waals surface area contributed by atoms with Gasteiger partial charge in [0.15, 0.2) is 4.83 Å². The lowest BCUT2D eigenvalue weighted by Crippen LogP contribution is -2.30. The molecule has 9 heteroatoms. The van der Waals surface area contributed by atoms with Crippen LogP contribution in [0.25, 0.3) is 20.7 Å². The van der Waals surface area contributed by atoms with Gasteiger partial charge in [-0.05, 0) is 23.8 Å². The number of methoxy groups -OCH3 is 2. The molecule has 0 aliphatic heterocycles. The molecule has 0 aliphatic rings. The summed E-state index contributed by atoms with van der Waals surface area (Å²) in [4.78, 5) is 26.8. The van der Waals surface area contributed by atoms with Gasteiger partial charge >= 0.3 is 0 Å². The molecule has 0 unspecified atom stereocenters. The quantitative estimate of drug-likeness (QED) is 0.513. The van der Waals surface area contributed by atoms with Gasteiger partial charge in [0.2, 0.25) is 5.91 Å². The smallest absolute Gasteiger partial charge is 0.279 e. The molecule has 0 saturated heterocycles. The van der Waals surface area contributed by atoms with Crippen LogP contribution in [-0.4, -0.2) is 35.1 Å². The number of ether oxygens (including phenoxy) is 2. The molecule has 0 spiro atoms. The number of amides is 1. The molecule has 0 saturated carbocycles. The van der Waals surface area contributed by atoms with Crippen LogP contribution in [0.3, 0.4) is 0 Å².